The van der Waals surface area contributed by atoms with Crippen LogP contribution >= 0.6 is 0 Å². The number of halogens is 3. The smallest absolute Gasteiger partial charge is 0.490 e. The second kappa shape index (κ2) is 14.5. The lowest BCUT2D eigenvalue weighted by atomic mass is 10.0. The topological polar surface area (TPSA) is 97.3 Å². The van der Waals surface area contributed by atoms with Crippen molar-refractivity contribution in [2.75, 3.05) is 39.4 Å². The highest BCUT2D eigenvalue weighted by Crippen LogP contribution is 2.21. The van der Waals surface area contributed by atoms with Crippen LogP contribution in [-0.2, 0) is 9.53 Å². The first-order valence-corrected chi connectivity index (χ1v) is 12.2. The Morgan fingerprint density at radius 3 is 1.63 bits per heavy atom. The fraction of sp³-hybridized carbons (Fsp3) is 0.481. The molecule has 38 heavy (non-hydrogen) atoms. The van der Waals surface area contributed by atoms with Crippen LogP contribution in [0, 0.1) is 11.8 Å². The maximum Gasteiger partial charge on any atom is 0.490 e. The summed E-state index contributed by atoms with van der Waals surface area (Å²) >= 11 is 0. The fourth-order valence-corrected chi connectivity index (χ4v) is 3.08. The number of ether oxygens (including phenoxy) is 3. The SMILES string of the molecule is CC(C)(C)OC(=O)N1CC(COc2ccccc2)C1.O=C(O)C(F)(F)F.c1ccc(OCC2CNC2)cc1. The predicted octanol–water partition coefficient (Wildman–Crippen LogP) is 4.85. The molecule has 2 N–H and O–H groups in total. The van der Waals surface area contributed by atoms with Crippen LogP contribution in [0.4, 0.5) is 18.0 Å². The van der Waals surface area contributed by atoms with E-state index in [1.807, 2.05) is 81.4 Å². The second-order valence-electron chi connectivity index (χ2n) is 9.83. The standard InChI is InChI=1S/C15H21NO3.C10H13NO.C2HF3O2/c1-15(2,3)19-14(17)16-9-12(10-16)11-18-13-7-5-4-6-8-13;1-2-4-10(5-3-1)12-8-9-6-11-7-9;3-2(4,5)1(6)7/h4-8,12H,9-11H2,1-3H3;1-5,9,11H,6-8H2;(H,6,7). The lowest BCUT2D eigenvalue weighted by Gasteiger charge is -2.39. The van der Waals surface area contributed by atoms with E-state index in [2.05, 4.69) is 5.32 Å². The van der Waals surface area contributed by atoms with E-state index in [1.165, 1.54) is 0 Å². The van der Waals surface area contributed by atoms with Crippen LogP contribution in [0.15, 0.2) is 60.7 Å². The summed E-state index contributed by atoms with van der Waals surface area (Å²) in [6.07, 6.45) is -5.32. The number of alkyl halides is 3. The van der Waals surface area contributed by atoms with E-state index >= 15 is 0 Å². The predicted molar refractivity (Wildman–Crippen MR) is 135 cm³/mol. The summed E-state index contributed by atoms with van der Waals surface area (Å²) in [6.45, 7) is 10.7. The van der Waals surface area contributed by atoms with Crippen molar-refractivity contribution in [3.05, 3.63) is 60.7 Å². The first-order valence-electron chi connectivity index (χ1n) is 12.2. The first kappa shape index (κ1) is 30.8. The molecular formula is C27H35F3N2O6. The molecule has 0 aromatic heterocycles. The summed E-state index contributed by atoms with van der Waals surface area (Å²) in [5.41, 5.74) is -0.428. The molecule has 0 atom stereocenters. The molecule has 2 aliphatic rings. The number of para-hydroxylation sites is 2. The van der Waals surface area contributed by atoms with Gasteiger partial charge in [-0.1, -0.05) is 36.4 Å². The molecule has 0 saturated carbocycles. The van der Waals surface area contributed by atoms with Crippen LogP contribution in [0.1, 0.15) is 20.8 Å². The van der Waals surface area contributed by atoms with Gasteiger partial charge in [0, 0.05) is 38.0 Å². The quantitative estimate of drug-likeness (QED) is 0.541. The molecule has 2 saturated heterocycles. The highest BCUT2D eigenvalue weighted by Gasteiger charge is 2.38. The van der Waals surface area contributed by atoms with Gasteiger partial charge in [0.05, 0.1) is 13.2 Å². The molecule has 2 heterocycles. The zero-order valence-corrected chi connectivity index (χ0v) is 21.7. The van der Waals surface area contributed by atoms with E-state index in [-0.39, 0.29) is 6.09 Å². The molecule has 0 radical (unpaired) electrons. The first-order chi connectivity index (χ1) is 17.8. The summed E-state index contributed by atoms with van der Waals surface area (Å²) in [5.74, 6) is 0.202. The lowest BCUT2D eigenvalue weighted by Crippen LogP contribution is -2.53. The zero-order chi connectivity index (χ0) is 28.2. The Morgan fingerprint density at radius 2 is 1.29 bits per heavy atom. The average molecular weight is 541 g/mol. The number of nitrogens with one attached hydrogen (secondary N) is 1. The van der Waals surface area contributed by atoms with E-state index in [9.17, 15) is 18.0 Å². The lowest BCUT2D eigenvalue weighted by molar-refractivity contribution is -0.192. The van der Waals surface area contributed by atoms with Gasteiger partial charge < -0.3 is 29.5 Å². The molecule has 8 nitrogen and oxygen atoms in total. The van der Waals surface area contributed by atoms with Crippen molar-refractivity contribution in [2.24, 2.45) is 11.8 Å². The monoisotopic (exact) mass is 540 g/mol. The number of carbonyl (C=O) groups excluding carboxylic acids is 1. The van der Waals surface area contributed by atoms with Crippen molar-refractivity contribution in [3.63, 3.8) is 0 Å². The highest BCUT2D eigenvalue weighted by atomic mass is 19.4. The van der Waals surface area contributed by atoms with E-state index in [0.29, 0.717) is 31.5 Å². The van der Waals surface area contributed by atoms with Crippen LogP contribution < -0.4 is 14.8 Å². The molecule has 2 fully saturated rings. The highest BCUT2D eigenvalue weighted by molar-refractivity contribution is 5.73. The second-order valence-corrected chi connectivity index (χ2v) is 9.83. The summed E-state index contributed by atoms with van der Waals surface area (Å²) < 4.78 is 48.3. The van der Waals surface area contributed by atoms with Gasteiger partial charge in [0.25, 0.3) is 0 Å². The number of carboxylic acids is 1. The minimum Gasteiger partial charge on any atom is -0.493 e. The van der Waals surface area contributed by atoms with Crippen LogP contribution in [0.5, 0.6) is 11.5 Å². The summed E-state index contributed by atoms with van der Waals surface area (Å²) in [4.78, 5) is 22.3. The molecule has 4 rings (SSSR count). The molecule has 2 aromatic carbocycles. The van der Waals surface area contributed by atoms with Gasteiger partial charge in [0.15, 0.2) is 0 Å². The Bertz CT molecular complexity index is 974. The zero-order valence-electron chi connectivity index (χ0n) is 21.7. The van der Waals surface area contributed by atoms with Crippen molar-refractivity contribution < 1.29 is 42.1 Å². The van der Waals surface area contributed by atoms with Crippen LogP contribution in [0.25, 0.3) is 0 Å². The molecule has 0 spiro atoms. The van der Waals surface area contributed by atoms with Crippen LogP contribution in [0.2, 0.25) is 0 Å². The van der Waals surface area contributed by atoms with Crippen molar-refractivity contribution >= 4 is 12.1 Å². The maximum atomic E-state index is 11.7. The van der Waals surface area contributed by atoms with Crippen molar-refractivity contribution in [1.29, 1.82) is 0 Å². The third-order valence-electron chi connectivity index (χ3n) is 5.18. The summed E-state index contributed by atoms with van der Waals surface area (Å²) in [6, 6.07) is 19.7. The van der Waals surface area contributed by atoms with Crippen LogP contribution in [-0.4, -0.2) is 73.2 Å². The Kier molecular flexibility index (Phi) is 11.7. The molecule has 0 unspecified atom stereocenters. The number of aliphatic carboxylic acids is 1. The minimum absolute atomic E-state index is 0.233. The maximum absolute atomic E-state index is 11.7. The Balaban J connectivity index is 0.000000227. The number of carboxylic acid groups (broad SMARTS) is 1. The van der Waals surface area contributed by atoms with Gasteiger partial charge in [-0.3, -0.25) is 0 Å². The molecule has 1 amide bonds. The van der Waals surface area contributed by atoms with Gasteiger partial charge >= 0.3 is 18.2 Å². The van der Waals surface area contributed by atoms with E-state index in [4.69, 9.17) is 24.1 Å². The van der Waals surface area contributed by atoms with Gasteiger partial charge in [-0.05, 0) is 45.0 Å². The number of likely N-dealkylation sites (tertiary alicyclic amines) is 1. The molecule has 2 aromatic rings. The van der Waals surface area contributed by atoms with Gasteiger partial charge in [0.2, 0.25) is 0 Å². The molecule has 11 heteroatoms. The van der Waals surface area contributed by atoms with Gasteiger partial charge in [-0.25, -0.2) is 9.59 Å². The normalized spacial score (nSPS) is 15.4. The van der Waals surface area contributed by atoms with Crippen molar-refractivity contribution in [1.82, 2.24) is 10.2 Å². The Morgan fingerprint density at radius 1 is 0.868 bits per heavy atom. The fourth-order valence-electron chi connectivity index (χ4n) is 3.08. The minimum atomic E-state index is -5.08. The number of rotatable bonds is 6. The van der Waals surface area contributed by atoms with Crippen molar-refractivity contribution in [2.45, 2.75) is 32.5 Å². The Hall–Kier alpha value is -3.47. The largest absolute Gasteiger partial charge is 0.493 e. The number of nitrogens with zero attached hydrogens (tertiary/aromatic N) is 1. The third-order valence-corrected chi connectivity index (χ3v) is 5.18. The van der Waals surface area contributed by atoms with Crippen molar-refractivity contribution in [3.8, 4) is 11.5 Å². The number of hydrogen-bond donors (Lipinski definition) is 2. The number of amides is 1. The van der Waals surface area contributed by atoms with Crippen LogP contribution in [0.3, 0.4) is 0 Å². The van der Waals surface area contributed by atoms with E-state index < -0.39 is 17.7 Å². The average Bonchev–Trinajstić information content (AvgIpc) is 2.77. The molecule has 2 aliphatic heterocycles. The molecule has 0 bridgehead atoms. The molecular weight excluding hydrogens is 505 g/mol. The van der Waals surface area contributed by atoms with Gasteiger partial charge in [0.1, 0.15) is 17.1 Å². The van der Waals surface area contributed by atoms with E-state index in [0.717, 1.165) is 31.2 Å². The third kappa shape index (κ3) is 12.2. The molecule has 210 valence electrons. The Labute approximate surface area is 220 Å². The number of hydrogen-bond acceptors (Lipinski definition) is 6. The number of benzene rings is 2. The number of carbonyl (C=O) groups is 2. The molecule has 0 aliphatic carbocycles. The summed E-state index contributed by atoms with van der Waals surface area (Å²) in [7, 11) is 0. The van der Waals surface area contributed by atoms with Gasteiger partial charge in [-0.2, -0.15) is 13.2 Å². The van der Waals surface area contributed by atoms with Gasteiger partial charge in [-0.15, -0.1) is 0 Å². The summed E-state index contributed by atoms with van der Waals surface area (Å²) in [5, 5.41) is 10.3. The van der Waals surface area contributed by atoms with E-state index in [1.54, 1.807) is 4.90 Å².